The van der Waals surface area contributed by atoms with Crippen LogP contribution >= 0.6 is 11.6 Å². The van der Waals surface area contributed by atoms with Crippen molar-refractivity contribution < 1.29 is 13.2 Å². The zero-order valence-electron chi connectivity index (χ0n) is 14.2. The number of nitrogens with zero attached hydrogens (tertiary/aromatic N) is 1. The first-order chi connectivity index (χ1) is 12.5. The normalized spacial score (nSPS) is 20.0. The van der Waals surface area contributed by atoms with Crippen LogP contribution in [0.25, 0.3) is 6.08 Å². The average molecular weight is 390 g/mol. The summed E-state index contributed by atoms with van der Waals surface area (Å²) in [5, 5.41) is 0.00758. The van der Waals surface area contributed by atoms with Crippen molar-refractivity contribution in [1.82, 2.24) is 4.90 Å². The lowest BCUT2D eigenvalue weighted by molar-refractivity contribution is -0.125. The molecule has 0 aromatic heterocycles. The van der Waals surface area contributed by atoms with Crippen molar-refractivity contribution >= 4 is 33.4 Å². The Morgan fingerprint density at radius 1 is 1.04 bits per heavy atom. The van der Waals surface area contributed by atoms with Crippen LogP contribution in [-0.4, -0.2) is 38.1 Å². The third-order valence-electron chi connectivity index (χ3n) is 4.53. The summed E-state index contributed by atoms with van der Waals surface area (Å²) in [4.78, 5) is 14.1. The van der Waals surface area contributed by atoms with Crippen LogP contribution in [0.4, 0.5) is 0 Å². The Labute approximate surface area is 159 Å². The first-order valence-electron chi connectivity index (χ1n) is 8.45. The van der Waals surface area contributed by atoms with Gasteiger partial charge in [-0.1, -0.05) is 60.1 Å². The lowest BCUT2D eigenvalue weighted by Crippen LogP contribution is -2.32. The zero-order valence-corrected chi connectivity index (χ0v) is 15.8. The van der Waals surface area contributed by atoms with Gasteiger partial charge in [-0.15, -0.1) is 0 Å². The summed E-state index contributed by atoms with van der Waals surface area (Å²) < 4.78 is 25.2. The molecule has 0 saturated carbocycles. The van der Waals surface area contributed by atoms with Gasteiger partial charge in [-0.25, -0.2) is 8.42 Å². The predicted octanol–water partition coefficient (Wildman–Crippen LogP) is 3.74. The molecule has 6 heteroatoms. The number of carbonyl (C=O) groups is 1. The Morgan fingerprint density at radius 3 is 2.46 bits per heavy atom. The van der Waals surface area contributed by atoms with Crippen molar-refractivity contribution in [3.8, 4) is 0 Å². The van der Waals surface area contributed by atoms with E-state index in [-0.39, 0.29) is 18.2 Å². The highest BCUT2D eigenvalue weighted by atomic mass is 35.5. The van der Waals surface area contributed by atoms with E-state index in [1.54, 1.807) is 17.0 Å². The lowest BCUT2D eigenvalue weighted by atomic mass is 10.1. The number of hydrogen-bond acceptors (Lipinski definition) is 3. The van der Waals surface area contributed by atoms with Crippen molar-refractivity contribution in [2.24, 2.45) is 0 Å². The second-order valence-electron chi connectivity index (χ2n) is 6.24. The van der Waals surface area contributed by atoms with E-state index < -0.39 is 15.1 Å². The highest BCUT2D eigenvalue weighted by Crippen LogP contribution is 2.29. The van der Waals surface area contributed by atoms with E-state index in [1.807, 2.05) is 48.5 Å². The van der Waals surface area contributed by atoms with Crippen LogP contribution in [0.2, 0.25) is 5.02 Å². The number of hydrogen-bond donors (Lipinski definition) is 0. The maximum absolute atomic E-state index is 12.6. The average Bonchev–Trinajstić information content (AvgIpc) is 2.79. The third kappa shape index (κ3) is 4.34. The Hall–Kier alpha value is -2.11. The third-order valence-corrected chi connectivity index (χ3v) is 7.00. The molecule has 1 amide bonds. The van der Waals surface area contributed by atoms with Gasteiger partial charge in [-0.05, 0) is 29.7 Å². The van der Waals surface area contributed by atoms with Crippen LogP contribution in [0.3, 0.4) is 0 Å². The summed E-state index contributed by atoms with van der Waals surface area (Å²) in [5.74, 6) is -0.230. The van der Waals surface area contributed by atoms with E-state index in [4.69, 9.17) is 11.6 Å². The summed E-state index contributed by atoms with van der Waals surface area (Å²) in [5.41, 5.74) is 1.54. The molecule has 2 aromatic carbocycles. The molecule has 0 aliphatic carbocycles. The number of carbonyl (C=O) groups excluding carboxylic acids is 1. The summed E-state index contributed by atoms with van der Waals surface area (Å²) in [7, 11) is -3.29. The molecule has 0 bridgehead atoms. The number of benzene rings is 2. The molecule has 1 atom stereocenters. The quantitative estimate of drug-likeness (QED) is 0.751. The van der Waals surface area contributed by atoms with Crippen LogP contribution in [0.15, 0.2) is 60.7 Å². The zero-order chi connectivity index (χ0) is 18.6. The highest BCUT2D eigenvalue weighted by molar-refractivity contribution is 7.91. The molecule has 0 N–H and O–H groups in total. The minimum Gasteiger partial charge on any atom is -0.338 e. The van der Waals surface area contributed by atoms with Crippen LogP contribution in [0.5, 0.6) is 0 Å². The molecule has 26 heavy (non-hydrogen) atoms. The van der Waals surface area contributed by atoms with E-state index in [2.05, 4.69) is 0 Å². The molecular formula is C20H20ClNO3S. The molecule has 3 rings (SSSR count). The second-order valence-corrected chi connectivity index (χ2v) is 8.95. The maximum atomic E-state index is 12.6. The summed E-state index contributed by atoms with van der Waals surface area (Å²) in [6.45, 7) is 0.613. The molecule has 136 valence electrons. The van der Waals surface area contributed by atoms with E-state index in [9.17, 15) is 13.2 Å². The Morgan fingerprint density at radius 2 is 1.73 bits per heavy atom. The van der Waals surface area contributed by atoms with Gasteiger partial charge in [-0.2, -0.15) is 0 Å². The van der Waals surface area contributed by atoms with Crippen molar-refractivity contribution in [3.63, 3.8) is 0 Å². The van der Waals surface area contributed by atoms with Gasteiger partial charge in [0.2, 0.25) is 5.91 Å². The maximum Gasteiger partial charge on any atom is 0.246 e. The number of halogens is 1. The molecule has 0 radical (unpaired) electrons. The van der Waals surface area contributed by atoms with Gasteiger partial charge in [0, 0.05) is 24.2 Å². The van der Waals surface area contributed by atoms with Crippen molar-refractivity contribution in [1.29, 1.82) is 0 Å². The fourth-order valence-electron chi connectivity index (χ4n) is 3.08. The van der Waals surface area contributed by atoms with E-state index in [0.29, 0.717) is 18.0 Å². The van der Waals surface area contributed by atoms with Gasteiger partial charge in [0.15, 0.2) is 9.84 Å². The molecular weight excluding hydrogens is 370 g/mol. The largest absolute Gasteiger partial charge is 0.338 e. The van der Waals surface area contributed by atoms with Crippen LogP contribution < -0.4 is 0 Å². The summed E-state index contributed by atoms with van der Waals surface area (Å²) >= 11 is 6.09. The standard InChI is InChI=1S/C20H20ClNO3S/c21-18-9-5-4-6-16(18)10-11-20(23)22-13-12-19(26(24,25)15-14-22)17-7-2-1-3-8-17/h1-11,19H,12-15H2/b11-10+/t19-/m1/s1. The first kappa shape index (κ1) is 18.7. The monoisotopic (exact) mass is 389 g/mol. The Kier molecular flexibility index (Phi) is 5.79. The first-order valence-corrected chi connectivity index (χ1v) is 10.5. The minimum atomic E-state index is -3.29. The van der Waals surface area contributed by atoms with Gasteiger partial charge in [0.1, 0.15) is 0 Å². The molecule has 0 unspecified atom stereocenters. The smallest absolute Gasteiger partial charge is 0.246 e. The van der Waals surface area contributed by atoms with E-state index in [1.165, 1.54) is 6.08 Å². The van der Waals surface area contributed by atoms with Crippen LogP contribution in [0, 0.1) is 0 Å². The van der Waals surface area contributed by atoms with Crippen molar-refractivity contribution in [3.05, 3.63) is 76.8 Å². The van der Waals surface area contributed by atoms with Gasteiger partial charge in [0.05, 0.1) is 11.0 Å². The number of rotatable bonds is 3. The summed E-state index contributed by atoms with van der Waals surface area (Å²) in [6, 6.07) is 16.5. The molecule has 1 heterocycles. The van der Waals surface area contributed by atoms with Gasteiger partial charge < -0.3 is 4.90 Å². The Bertz CT molecular complexity index is 910. The molecule has 1 aliphatic heterocycles. The molecule has 4 nitrogen and oxygen atoms in total. The molecule has 0 spiro atoms. The van der Waals surface area contributed by atoms with Gasteiger partial charge in [-0.3, -0.25) is 4.79 Å². The van der Waals surface area contributed by atoms with E-state index >= 15 is 0 Å². The van der Waals surface area contributed by atoms with Gasteiger partial charge in [0.25, 0.3) is 0 Å². The van der Waals surface area contributed by atoms with Gasteiger partial charge >= 0.3 is 0 Å². The fraction of sp³-hybridized carbons (Fsp3) is 0.250. The fourth-order valence-corrected chi connectivity index (χ4v) is 5.08. The van der Waals surface area contributed by atoms with Crippen LogP contribution in [0.1, 0.15) is 22.8 Å². The predicted molar refractivity (Wildman–Crippen MR) is 105 cm³/mol. The van der Waals surface area contributed by atoms with Crippen molar-refractivity contribution in [2.45, 2.75) is 11.7 Å². The lowest BCUT2D eigenvalue weighted by Gasteiger charge is -2.18. The van der Waals surface area contributed by atoms with Crippen LogP contribution in [-0.2, 0) is 14.6 Å². The molecule has 2 aromatic rings. The van der Waals surface area contributed by atoms with E-state index in [0.717, 1.165) is 11.1 Å². The molecule has 1 aliphatic rings. The number of amides is 1. The number of sulfone groups is 1. The highest BCUT2D eigenvalue weighted by Gasteiger charge is 2.32. The Balaban J connectivity index is 1.73. The topological polar surface area (TPSA) is 54.5 Å². The molecule has 1 saturated heterocycles. The summed E-state index contributed by atoms with van der Waals surface area (Å²) in [6.07, 6.45) is 3.52. The molecule has 1 fully saturated rings. The minimum absolute atomic E-state index is 0.0295. The SMILES string of the molecule is O=C(/C=C/c1ccccc1Cl)N1CC[C@H](c2ccccc2)S(=O)(=O)CC1. The van der Waals surface area contributed by atoms with Crippen molar-refractivity contribution in [2.75, 3.05) is 18.8 Å². The second kappa shape index (κ2) is 8.06.